The second kappa shape index (κ2) is 9.92. The number of rotatable bonds is 8. The van der Waals surface area contributed by atoms with Gasteiger partial charge < -0.3 is 9.15 Å². The molecule has 2 heterocycles. The highest BCUT2D eigenvalue weighted by molar-refractivity contribution is 6.31. The Balaban J connectivity index is 1.37. The molecule has 2 aromatic heterocycles. The Kier molecular flexibility index (Phi) is 6.79. The normalized spacial score (nSPS) is 11.1. The Bertz CT molecular complexity index is 1250. The molecule has 1 amide bonds. The first-order chi connectivity index (χ1) is 15.9. The molecule has 7 nitrogen and oxygen atoms in total. The Hall–Kier alpha value is -3.58. The highest BCUT2D eigenvalue weighted by atomic mass is 35.5. The van der Waals surface area contributed by atoms with Crippen LogP contribution >= 0.6 is 11.6 Å². The van der Waals surface area contributed by atoms with E-state index >= 15 is 0 Å². The van der Waals surface area contributed by atoms with Gasteiger partial charge in [0.25, 0.3) is 5.91 Å². The Morgan fingerprint density at radius 2 is 1.97 bits per heavy atom. The summed E-state index contributed by atoms with van der Waals surface area (Å²) >= 11 is 6.26. The summed E-state index contributed by atoms with van der Waals surface area (Å²) in [5.41, 5.74) is 3.05. The molecule has 0 unspecified atom stereocenters. The van der Waals surface area contributed by atoms with Crippen LogP contribution in [0.4, 0.5) is 5.95 Å². The molecule has 170 valence electrons. The number of halogens is 1. The van der Waals surface area contributed by atoms with Gasteiger partial charge in [0.15, 0.2) is 5.76 Å². The summed E-state index contributed by atoms with van der Waals surface area (Å²) in [4.78, 5) is 16.7. The van der Waals surface area contributed by atoms with E-state index in [9.17, 15) is 4.79 Å². The van der Waals surface area contributed by atoms with Crippen molar-refractivity contribution in [3.8, 4) is 5.75 Å². The van der Waals surface area contributed by atoms with Gasteiger partial charge in [0.1, 0.15) is 24.4 Å². The lowest BCUT2D eigenvalue weighted by molar-refractivity contribution is 0.0991. The minimum Gasteiger partial charge on any atom is -0.485 e. The van der Waals surface area contributed by atoms with Gasteiger partial charge in [0.05, 0.1) is 6.54 Å². The van der Waals surface area contributed by atoms with E-state index in [0.717, 1.165) is 22.4 Å². The maximum absolute atomic E-state index is 12.5. The first-order valence-electron chi connectivity index (χ1n) is 10.7. The number of ether oxygens (including phenoxy) is 1. The number of anilines is 1. The van der Waals surface area contributed by atoms with Gasteiger partial charge in [-0.2, -0.15) is 0 Å². The second-order valence-corrected chi connectivity index (χ2v) is 8.46. The maximum atomic E-state index is 12.5. The predicted molar refractivity (Wildman–Crippen MR) is 127 cm³/mol. The van der Waals surface area contributed by atoms with E-state index in [1.165, 1.54) is 0 Å². The van der Waals surface area contributed by atoms with Crippen molar-refractivity contribution in [2.75, 3.05) is 5.32 Å². The summed E-state index contributed by atoms with van der Waals surface area (Å²) < 4.78 is 13.3. The van der Waals surface area contributed by atoms with Crippen LogP contribution in [0.1, 0.15) is 52.8 Å². The van der Waals surface area contributed by atoms with Crippen LogP contribution < -0.4 is 10.1 Å². The van der Waals surface area contributed by atoms with Gasteiger partial charge in [-0.1, -0.05) is 55.8 Å². The Morgan fingerprint density at radius 3 is 2.73 bits per heavy atom. The van der Waals surface area contributed by atoms with Crippen LogP contribution in [0.15, 0.2) is 65.3 Å². The number of benzene rings is 2. The van der Waals surface area contributed by atoms with Crippen molar-refractivity contribution < 1.29 is 13.9 Å². The zero-order valence-electron chi connectivity index (χ0n) is 18.7. The number of hydrogen-bond donors (Lipinski definition) is 1. The lowest BCUT2D eigenvalue weighted by Gasteiger charge is -2.15. The molecule has 4 aromatic rings. The predicted octanol–water partition coefficient (Wildman–Crippen LogP) is 5.84. The molecule has 0 atom stereocenters. The van der Waals surface area contributed by atoms with E-state index in [4.69, 9.17) is 20.8 Å². The molecule has 0 aliphatic heterocycles. The average molecular weight is 465 g/mol. The number of amides is 1. The summed E-state index contributed by atoms with van der Waals surface area (Å²) in [5.74, 6) is 1.48. The topological polar surface area (TPSA) is 82.2 Å². The minimum absolute atomic E-state index is 0.157. The van der Waals surface area contributed by atoms with Gasteiger partial charge in [0, 0.05) is 5.02 Å². The van der Waals surface area contributed by atoms with E-state index < -0.39 is 5.91 Å². The van der Waals surface area contributed by atoms with E-state index in [2.05, 4.69) is 29.2 Å². The molecule has 4 rings (SSSR count). The molecule has 0 radical (unpaired) electrons. The molecule has 8 heteroatoms. The molecule has 1 N–H and O–H groups in total. The summed E-state index contributed by atoms with van der Waals surface area (Å²) in [6.45, 7) is 6.85. The lowest BCUT2D eigenvalue weighted by Crippen LogP contribution is -2.12. The molecule has 0 aliphatic carbocycles. The van der Waals surface area contributed by atoms with Crippen LogP contribution in [0.5, 0.6) is 5.75 Å². The van der Waals surface area contributed by atoms with Gasteiger partial charge in [-0.15, -0.1) is 5.10 Å². The van der Waals surface area contributed by atoms with Crippen LogP contribution in [-0.4, -0.2) is 20.7 Å². The van der Waals surface area contributed by atoms with Crippen LogP contribution in [0.25, 0.3) is 0 Å². The van der Waals surface area contributed by atoms with Crippen LogP contribution in [0, 0.1) is 6.92 Å². The summed E-state index contributed by atoms with van der Waals surface area (Å²) in [6, 6.07) is 17.1. The fourth-order valence-electron chi connectivity index (χ4n) is 3.33. The maximum Gasteiger partial charge on any atom is 0.293 e. The van der Waals surface area contributed by atoms with Crippen molar-refractivity contribution in [3.63, 3.8) is 0 Å². The van der Waals surface area contributed by atoms with Gasteiger partial charge in [-0.25, -0.2) is 9.67 Å². The van der Waals surface area contributed by atoms with Crippen LogP contribution in [0.2, 0.25) is 5.02 Å². The van der Waals surface area contributed by atoms with Gasteiger partial charge >= 0.3 is 0 Å². The fraction of sp³-hybridized carbons (Fsp3) is 0.240. The number of aryl methyl sites for hydroxylation is 1. The smallest absolute Gasteiger partial charge is 0.293 e. The number of furan rings is 1. The fourth-order valence-corrected chi connectivity index (χ4v) is 3.51. The SMILES string of the molecule is Cc1cc(OCc2ccc(C(=O)Nc3ncn(Cc4ccccc4)n3)o2)c(C(C)C)cc1Cl. The van der Waals surface area contributed by atoms with Gasteiger partial charge in [-0.05, 0) is 53.8 Å². The lowest BCUT2D eigenvalue weighted by atomic mass is 10.0. The molecular weight excluding hydrogens is 440 g/mol. The first kappa shape index (κ1) is 22.6. The van der Waals surface area contributed by atoms with Gasteiger partial charge in [0.2, 0.25) is 5.95 Å². The molecule has 0 fully saturated rings. The van der Waals surface area contributed by atoms with Crippen LogP contribution in [0.3, 0.4) is 0 Å². The summed E-state index contributed by atoms with van der Waals surface area (Å²) in [7, 11) is 0. The van der Waals surface area contributed by atoms with E-state index in [0.29, 0.717) is 17.3 Å². The van der Waals surface area contributed by atoms with E-state index in [-0.39, 0.29) is 24.2 Å². The zero-order valence-corrected chi connectivity index (χ0v) is 19.5. The summed E-state index contributed by atoms with van der Waals surface area (Å²) in [6.07, 6.45) is 1.57. The molecule has 0 saturated heterocycles. The largest absolute Gasteiger partial charge is 0.485 e. The Morgan fingerprint density at radius 1 is 1.18 bits per heavy atom. The summed E-state index contributed by atoms with van der Waals surface area (Å²) in [5, 5.41) is 7.66. The second-order valence-electron chi connectivity index (χ2n) is 8.05. The van der Waals surface area contributed by atoms with Crippen molar-refractivity contribution in [2.45, 2.75) is 39.8 Å². The van der Waals surface area contributed by atoms with Crippen molar-refractivity contribution in [1.29, 1.82) is 0 Å². The Labute approximate surface area is 197 Å². The van der Waals surface area contributed by atoms with Crippen molar-refractivity contribution in [3.05, 3.63) is 94.2 Å². The number of aromatic nitrogens is 3. The molecule has 0 spiro atoms. The quantitative estimate of drug-likeness (QED) is 0.354. The highest BCUT2D eigenvalue weighted by Crippen LogP contribution is 2.32. The number of carbonyl (C=O) groups is 1. The van der Waals surface area contributed by atoms with E-state index in [1.54, 1.807) is 23.1 Å². The number of nitrogens with zero attached hydrogens (tertiary/aromatic N) is 3. The first-order valence-corrected chi connectivity index (χ1v) is 11.0. The number of nitrogens with one attached hydrogen (secondary N) is 1. The average Bonchev–Trinajstić information content (AvgIpc) is 3.44. The third kappa shape index (κ3) is 5.62. The molecule has 2 aromatic carbocycles. The highest BCUT2D eigenvalue weighted by Gasteiger charge is 2.16. The third-order valence-corrected chi connectivity index (χ3v) is 5.52. The minimum atomic E-state index is -0.427. The standard InChI is InChI=1S/C25H25ClN4O3/c1-16(2)20-12-21(26)17(3)11-23(20)32-14-19-9-10-22(33-19)24(31)28-25-27-15-30(29-25)13-18-7-5-4-6-8-18/h4-12,15-16H,13-14H2,1-3H3,(H,28,29,31). The van der Waals surface area contributed by atoms with E-state index in [1.807, 2.05) is 49.4 Å². The zero-order chi connectivity index (χ0) is 23.4. The molecule has 0 bridgehead atoms. The van der Waals surface area contributed by atoms with Crippen molar-refractivity contribution in [1.82, 2.24) is 14.8 Å². The van der Waals surface area contributed by atoms with Crippen molar-refractivity contribution >= 4 is 23.5 Å². The van der Waals surface area contributed by atoms with Crippen LogP contribution in [-0.2, 0) is 13.2 Å². The number of carbonyl (C=O) groups excluding carboxylic acids is 1. The monoisotopic (exact) mass is 464 g/mol. The number of hydrogen-bond acceptors (Lipinski definition) is 5. The third-order valence-electron chi connectivity index (χ3n) is 5.12. The van der Waals surface area contributed by atoms with Gasteiger partial charge in [-0.3, -0.25) is 10.1 Å². The molecule has 0 aliphatic rings. The molecule has 0 saturated carbocycles. The molecule has 33 heavy (non-hydrogen) atoms. The molecular formula is C25H25ClN4O3. The van der Waals surface area contributed by atoms with Crippen molar-refractivity contribution in [2.24, 2.45) is 0 Å².